The first kappa shape index (κ1) is 12.9. The van der Waals surface area contributed by atoms with Gasteiger partial charge in [-0.05, 0) is 25.3 Å². The van der Waals surface area contributed by atoms with E-state index in [9.17, 15) is 4.79 Å². The Morgan fingerprint density at radius 3 is 3.22 bits per heavy atom. The van der Waals surface area contributed by atoms with E-state index in [1.807, 2.05) is 25.1 Å². The smallest absolute Gasteiger partial charge is 0.245 e. The summed E-state index contributed by atoms with van der Waals surface area (Å²) in [5, 5.41) is 0. The number of para-hydroxylation sites is 1. The number of carbonyl (C=O) groups excluding carboxylic acids is 1. The number of ether oxygens (including phenoxy) is 1. The molecule has 5 heteroatoms. The number of hydrogen-bond acceptors (Lipinski definition) is 4. The van der Waals surface area contributed by atoms with Crippen molar-refractivity contribution in [2.24, 2.45) is 5.73 Å². The first-order valence-electron chi connectivity index (χ1n) is 6.06. The molecule has 0 fully saturated rings. The van der Waals surface area contributed by atoms with Crippen LogP contribution in [-0.2, 0) is 9.63 Å². The van der Waals surface area contributed by atoms with Crippen LogP contribution in [0, 0.1) is 6.92 Å². The maximum atomic E-state index is 10.6. The molecule has 1 aliphatic heterocycles. The Kier molecular flexibility index (Phi) is 4.17. The lowest BCUT2D eigenvalue weighted by molar-refractivity contribution is -0.126. The van der Waals surface area contributed by atoms with Gasteiger partial charge < -0.3 is 10.5 Å². The van der Waals surface area contributed by atoms with Crippen molar-refractivity contribution in [3.05, 3.63) is 29.3 Å². The summed E-state index contributed by atoms with van der Waals surface area (Å²) in [6.45, 7) is 2.59. The summed E-state index contributed by atoms with van der Waals surface area (Å²) in [5.74, 6) is 0.423. The lowest BCUT2D eigenvalue weighted by Gasteiger charge is -2.18. The molecular weight excluding hydrogens is 232 g/mol. The Bertz CT molecular complexity index is 434. The zero-order chi connectivity index (χ0) is 13.0. The van der Waals surface area contributed by atoms with Crippen molar-refractivity contribution >= 4 is 5.91 Å². The van der Waals surface area contributed by atoms with E-state index in [4.69, 9.17) is 15.3 Å². The van der Waals surface area contributed by atoms with E-state index in [1.54, 1.807) is 0 Å². The van der Waals surface area contributed by atoms with E-state index in [2.05, 4.69) is 5.48 Å². The molecule has 1 unspecified atom stereocenters. The average molecular weight is 250 g/mol. The third-order valence-electron chi connectivity index (χ3n) is 2.94. The van der Waals surface area contributed by atoms with Crippen molar-refractivity contribution in [3.8, 4) is 5.75 Å². The number of aryl methyl sites for hydroxylation is 1. The number of primary amides is 1. The molecular formula is C13H18N2O3. The van der Waals surface area contributed by atoms with Crippen molar-refractivity contribution in [1.82, 2.24) is 5.48 Å². The largest absolute Gasteiger partial charge is 0.493 e. The monoisotopic (exact) mass is 250 g/mol. The van der Waals surface area contributed by atoms with E-state index < -0.39 is 5.91 Å². The number of nitrogens with one attached hydrogen (secondary N) is 1. The molecule has 1 aromatic carbocycles. The topological polar surface area (TPSA) is 73.6 Å². The Balaban J connectivity index is 2.12. The van der Waals surface area contributed by atoms with E-state index in [1.165, 1.54) is 0 Å². The van der Waals surface area contributed by atoms with E-state index in [-0.39, 0.29) is 12.6 Å². The quantitative estimate of drug-likeness (QED) is 0.788. The van der Waals surface area contributed by atoms with Gasteiger partial charge in [0.2, 0.25) is 5.91 Å². The number of fused-ring (bicyclic) bond motifs is 1. The number of rotatable bonds is 4. The van der Waals surface area contributed by atoms with Crippen molar-refractivity contribution in [3.63, 3.8) is 0 Å². The molecule has 1 aliphatic rings. The summed E-state index contributed by atoms with van der Waals surface area (Å²) < 4.78 is 5.75. The highest BCUT2D eigenvalue weighted by atomic mass is 16.6. The predicted octanol–water partition coefficient (Wildman–Crippen LogP) is 1.22. The van der Waals surface area contributed by atoms with Gasteiger partial charge in [0.25, 0.3) is 0 Å². The van der Waals surface area contributed by atoms with Gasteiger partial charge in [-0.3, -0.25) is 9.63 Å². The highest BCUT2D eigenvalue weighted by Gasteiger charge is 2.21. The number of carbonyl (C=O) groups is 1. The molecule has 3 N–H and O–H groups in total. The van der Waals surface area contributed by atoms with Crippen LogP contribution < -0.4 is 16.0 Å². The Morgan fingerprint density at radius 1 is 1.61 bits per heavy atom. The standard InChI is InChI=1S/C13H18N2O3/c1-9-4-2-5-10-11(15-18-8-12(14)16)6-3-7-17-13(9)10/h2,4-5,11,15H,3,6-8H2,1H3,(H2,14,16). The molecule has 0 saturated carbocycles. The molecule has 0 saturated heterocycles. The van der Waals surface area contributed by atoms with Crippen LogP contribution in [0.1, 0.15) is 30.0 Å². The van der Waals surface area contributed by atoms with Crippen molar-refractivity contribution in [2.75, 3.05) is 13.2 Å². The van der Waals surface area contributed by atoms with Crippen LogP contribution in [-0.4, -0.2) is 19.1 Å². The molecule has 0 radical (unpaired) electrons. The molecule has 2 rings (SSSR count). The normalized spacial score (nSPS) is 18.6. The van der Waals surface area contributed by atoms with Crippen LogP contribution >= 0.6 is 0 Å². The van der Waals surface area contributed by atoms with Crippen LogP contribution in [0.2, 0.25) is 0 Å². The second kappa shape index (κ2) is 5.84. The zero-order valence-corrected chi connectivity index (χ0v) is 10.4. The van der Waals surface area contributed by atoms with E-state index in [0.717, 1.165) is 29.7 Å². The van der Waals surface area contributed by atoms with Gasteiger partial charge in [-0.25, -0.2) is 0 Å². The fourth-order valence-corrected chi connectivity index (χ4v) is 2.10. The maximum absolute atomic E-state index is 10.6. The number of amides is 1. The van der Waals surface area contributed by atoms with Crippen LogP contribution in [0.15, 0.2) is 18.2 Å². The first-order valence-corrected chi connectivity index (χ1v) is 6.06. The van der Waals surface area contributed by atoms with Gasteiger partial charge >= 0.3 is 0 Å². The SMILES string of the molecule is Cc1cccc2c1OCCCC2NOCC(N)=O. The van der Waals surface area contributed by atoms with Gasteiger partial charge in [0.1, 0.15) is 12.4 Å². The molecule has 1 aromatic rings. The Labute approximate surface area is 106 Å². The molecule has 1 amide bonds. The highest BCUT2D eigenvalue weighted by Crippen LogP contribution is 2.33. The van der Waals surface area contributed by atoms with Crippen LogP contribution in [0.4, 0.5) is 0 Å². The highest BCUT2D eigenvalue weighted by molar-refractivity contribution is 5.74. The number of hydrogen-bond donors (Lipinski definition) is 2. The number of nitrogens with two attached hydrogens (primary N) is 1. The van der Waals surface area contributed by atoms with Crippen molar-refractivity contribution in [2.45, 2.75) is 25.8 Å². The number of benzene rings is 1. The molecule has 0 bridgehead atoms. The summed E-state index contributed by atoms with van der Waals surface area (Å²) in [5.41, 5.74) is 10.1. The molecule has 18 heavy (non-hydrogen) atoms. The maximum Gasteiger partial charge on any atom is 0.245 e. The Hall–Kier alpha value is -1.59. The summed E-state index contributed by atoms with van der Waals surface area (Å²) in [6.07, 6.45) is 1.83. The second-order valence-corrected chi connectivity index (χ2v) is 4.41. The van der Waals surface area contributed by atoms with Gasteiger partial charge in [-0.1, -0.05) is 18.2 Å². The lowest BCUT2D eigenvalue weighted by atomic mass is 10.0. The van der Waals surface area contributed by atoms with Crippen LogP contribution in [0.25, 0.3) is 0 Å². The molecule has 98 valence electrons. The minimum absolute atomic E-state index is 0.0294. The van der Waals surface area contributed by atoms with Crippen LogP contribution in [0.3, 0.4) is 0 Å². The van der Waals surface area contributed by atoms with E-state index in [0.29, 0.717) is 6.61 Å². The van der Waals surface area contributed by atoms with Crippen molar-refractivity contribution < 1.29 is 14.4 Å². The first-order chi connectivity index (χ1) is 8.68. The molecule has 5 nitrogen and oxygen atoms in total. The molecule has 0 aliphatic carbocycles. The van der Waals surface area contributed by atoms with E-state index >= 15 is 0 Å². The molecule has 1 atom stereocenters. The summed E-state index contributed by atoms with van der Waals surface area (Å²) >= 11 is 0. The summed E-state index contributed by atoms with van der Waals surface area (Å²) in [7, 11) is 0. The van der Waals surface area contributed by atoms with Gasteiger partial charge in [0.15, 0.2) is 0 Å². The molecule has 0 spiro atoms. The predicted molar refractivity (Wildman–Crippen MR) is 66.9 cm³/mol. The minimum Gasteiger partial charge on any atom is -0.493 e. The van der Waals surface area contributed by atoms with Gasteiger partial charge in [-0.2, -0.15) is 5.48 Å². The van der Waals surface area contributed by atoms with Gasteiger partial charge in [0, 0.05) is 5.56 Å². The van der Waals surface area contributed by atoms with Gasteiger partial charge in [-0.15, -0.1) is 0 Å². The lowest BCUT2D eigenvalue weighted by Crippen LogP contribution is -2.27. The third kappa shape index (κ3) is 3.00. The van der Waals surface area contributed by atoms with Crippen LogP contribution in [0.5, 0.6) is 5.75 Å². The zero-order valence-electron chi connectivity index (χ0n) is 10.4. The fourth-order valence-electron chi connectivity index (χ4n) is 2.10. The molecule has 0 aromatic heterocycles. The molecule has 1 heterocycles. The minimum atomic E-state index is -0.489. The summed E-state index contributed by atoms with van der Waals surface area (Å²) in [6, 6.07) is 6.05. The summed E-state index contributed by atoms with van der Waals surface area (Å²) in [4.78, 5) is 15.7. The van der Waals surface area contributed by atoms with Gasteiger partial charge in [0.05, 0.1) is 12.6 Å². The fraction of sp³-hybridized carbons (Fsp3) is 0.462. The second-order valence-electron chi connectivity index (χ2n) is 4.41. The number of hydroxylamine groups is 1. The average Bonchev–Trinajstić information content (AvgIpc) is 2.53. The van der Waals surface area contributed by atoms with Crippen molar-refractivity contribution in [1.29, 1.82) is 0 Å². The Morgan fingerprint density at radius 2 is 2.44 bits per heavy atom. The third-order valence-corrected chi connectivity index (χ3v) is 2.94.